The van der Waals surface area contributed by atoms with Gasteiger partial charge in [-0.3, -0.25) is 15.1 Å². The van der Waals surface area contributed by atoms with Crippen molar-refractivity contribution in [3.8, 4) is 0 Å². The number of furan rings is 1. The summed E-state index contributed by atoms with van der Waals surface area (Å²) in [6.45, 7) is 3.71. The molecule has 6 heteroatoms. The number of hydrogen-bond acceptors (Lipinski definition) is 5. The number of anilines is 1. The summed E-state index contributed by atoms with van der Waals surface area (Å²) >= 11 is 1.57. The molecule has 0 saturated heterocycles. The van der Waals surface area contributed by atoms with Gasteiger partial charge in [-0.1, -0.05) is 36.9 Å². The van der Waals surface area contributed by atoms with Crippen LogP contribution >= 0.6 is 11.8 Å². The summed E-state index contributed by atoms with van der Waals surface area (Å²) in [5, 5.41) is 3.80. The average molecular weight is 354 g/mol. The van der Waals surface area contributed by atoms with Gasteiger partial charge in [0.15, 0.2) is 12.4 Å². The second-order valence-electron chi connectivity index (χ2n) is 5.27. The van der Waals surface area contributed by atoms with Crippen molar-refractivity contribution in [2.45, 2.75) is 4.90 Å². The molecule has 3 aromatic rings. The molecule has 0 unspecified atom stereocenters. The standard InChI is InChI=1S/C19H18N2O3S/c1-13(17-11-14-7-3-5-9-16(14)24-17)21-23-12-19(22)20-15-8-4-6-10-18(15)25-2/h3-11,21H,1,12H2,2H3,(H,20,22). The molecule has 1 heterocycles. The molecule has 128 valence electrons. The second-order valence-corrected chi connectivity index (χ2v) is 6.11. The maximum Gasteiger partial charge on any atom is 0.253 e. The summed E-state index contributed by atoms with van der Waals surface area (Å²) in [6, 6.07) is 17.1. The fraction of sp³-hybridized carbons (Fsp3) is 0.105. The van der Waals surface area contributed by atoms with E-state index in [0.29, 0.717) is 11.5 Å². The first-order valence-corrected chi connectivity index (χ1v) is 8.88. The lowest BCUT2D eigenvalue weighted by Gasteiger charge is -2.10. The lowest BCUT2D eigenvalue weighted by atomic mass is 10.2. The molecule has 0 bridgehead atoms. The molecule has 3 rings (SSSR count). The van der Waals surface area contributed by atoms with Gasteiger partial charge < -0.3 is 9.73 Å². The molecule has 0 fully saturated rings. The Kier molecular flexibility index (Phi) is 5.42. The Balaban J connectivity index is 1.51. The number of rotatable bonds is 7. The SMILES string of the molecule is C=C(NOCC(=O)Nc1ccccc1SC)c1cc2ccccc2o1. The van der Waals surface area contributed by atoms with Gasteiger partial charge in [0.1, 0.15) is 5.58 Å². The summed E-state index contributed by atoms with van der Waals surface area (Å²) in [7, 11) is 0. The smallest absolute Gasteiger partial charge is 0.253 e. The van der Waals surface area contributed by atoms with E-state index < -0.39 is 0 Å². The number of amides is 1. The van der Waals surface area contributed by atoms with E-state index in [4.69, 9.17) is 9.25 Å². The number of benzene rings is 2. The molecule has 0 saturated carbocycles. The summed E-state index contributed by atoms with van der Waals surface area (Å²) in [4.78, 5) is 18.2. The lowest BCUT2D eigenvalue weighted by Crippen LogP contribution is -2.23. The molecule has 1 amide bonds. The minimum absolute atomic E-state index is 0.151. The topological polar surface area (TPSA) is 63.5 Å². The van der Waals surface area contributed by atoms with E-state index in [1.165, 1.54) is 0 Å². The monoisotopic (exact) mass is 354 g/mol. The summed E-state index contributed by atoms with van der Waals surface area (Å²) < 4.78 is 5.67. The quantitative estimate of drug-likeness (QED) is 0.490. The largest absolute Gasteiger partial charge is 0.454 e. The van der Waals surface area contributed by atoms with Crippen LogP contribution in [0.5, 0.6) is 0 Å². The van der Waals surface area contributed by atoms with Gasteiger partial charge in [0, 0.05) is 10.3 Å². The third-order valence-electron chi connectivity index (χ3n) is 3.50. The zero-order valence-electron chi connectivity index (χ0n) is 13.7. The Labute approximate surface area is 150 Å². The van der Waals surface area contributed by atoms with Crippen molar-refractivity contribution >= 4 is 40.0 Å². The molecule has 5 nitrogen and oxygen atoms in total. The average Bonchev–Trinajstić information content (AvgIpc) is 3.06. The minimum Gasteiger partial charge on any atom is -0.454 e. The van der Waals surface area contributed by atoms with Crippen LogP contribution in [-0.4, -0.2) is 18.8 Å². The predicted molar refractivity (Wildman–Crippen MR) is 101 cm³/mol. The van der Waals surface area contributed by atoms with Crippen LogP contribution in [0.1, 0.15) is 5.76 Å². The molecular formula is C19H18N2O3S. The third-order valence-corrected chi connectivity index (χ3v) is 4.30. The molecule has 2 aromatic carbocycles. The first-order chi connectivity index (χ1) is 12.2. The van der Waals surface area contributed by atoms with E-state index in [-0.39, 0.29) is 12.5 Å². The van der Waals surface area contributed by atoms with E-state index in [1.54, 1.807) is 11.8 Å². The van der Waals surface area contributed by atoms with Crippen LogP contribution in [-0.2, 0) is 9.63 Å². The zero-order chi connectivity index (χ0) is 17.6. The molecule has 0 aliphatic heterocycles. The highest BCUT2D eigenvalue weighted by molar-refractivity contribution is 7.98. The van der Waals surface area contributed by atoms with E-state index in [0.717, 1.165) is 21.6 Å². The number of fused-ring (bicyclic) bond motifs is 1. The molecule has 0 aliphatic rings. The van der Waals surface area contributed by atoms with Crippen molar-refractivity contribution in [2.24, 2.45) is 0 Å². The van der Waals surface area contributed by atoms with Crippen molar-refractivity contribution < 1.29 is 14.0 Å². The Hall–Kier alpha value is -2.70. The van der Waals surface area contributed by atoms with Crippen LogP contribution in [0.25, 0.3) is 16.7 Å². The van der Waals surface area contributed by atoms with Crippen molar-refractivity contribution in [1.29, 1.82) is 0 Å². The number of para-hydroxylation sites is 2. The van der Waals surface area contributed by atoms with Crippen molar-refractivity contribution in [2.75, 3.05) is 18.2 Å². The highest BCUT2D eigenvalue weighted by Crippen LogP contribution is 2.24. The molecule has 0 radical (unpaired) electrons. The molecule has 1 aromatic heterocycles. The highest BCUT2D eigenvalue weighted by atomic mass is 32.2. The van der Waals surface area contributed by atoms with Gasteiger partial charge in [-0.15, -0.1) is 11.8 Å². The summed E-state index contributed by atoms with van der Waals surface area (Å²) in [5.41, 5.74) is 4.64. The number of carbonyl (C=O) groups excluding carboxylic acids is 1. The molecule has 2 N–H and O–H groups in total. The van der Waals surface area contributed by atoms with Gasteiger partial charge in [-0.2, -0.15) is 0 Å². The predicted octanol–water partition coefficient (Wildman–Crippen LogP) is 4.29. The van der Waals surface area contributed by atoms with Crippen LogP contribution in [0.3, 0.4) is 0 Å². The zero-order valence-corrected chi connectivity index (χ0v) is 14.6. The van der Waals surface area contributed by atoms with Gasteiger partial charge in [0.05, 0.1) is 11.4 Å². The van der Waals surface area contributed by atoms with Crippen LogP contribution in [0.2, 0.25) is 0 Å². The fourth-order valence-electron chi connectivity index (χ4n) is 2.30. The fourth-order valence-corrected chi connectivity index (χ4v) is 2.86. The highest BCUT2D eigenvalue weighted by Gasteiger charge is 2.09. The number of thioether (sulfide) groups is 1. The van der Waals surface area contributed by atoms with E-state index in [1.807, 2.05) is 60.9 Å². The maximum absolute atomic E-state index is 12.0. The van der Waals surface area contributed by atoms with Crippen molar-refractivity contribution in [1.82, 2.24) is 5.48 Å². The summed E-state index contributed by atoms with van der Waals surface area (Å²) in [6.07, 6.45) is 1.96. The van der Waals surface area contributed by atoms with E-state index in [9.17, 15) is 4.79 Å². The number of hydrogen-bond donors (Lipinski definition) is 2. The molecular weight excluding hydrogens is 336 g/mol. The van der Waals surface area contributed by atoms with Gasteiger partial charge >= 0.3 is 0 Å². The maximum atomic E-state index is 12.0. The number of nitrogens with one attached hydrogen (secondary N) is 2. The first-order valence-electron chi connectivity index (χ1n) is 7.66. The minimum atomic E-state index is -0.258. The van der Waals surface area contributed by atoms with Crippen LogP contribution in [0, 0.1) is 0 Å². The Morgan fingerprint density at radius 1 is 1.20 bits per heavy atom. The molecule has 0 aliphatic carbocycles. The van der Waals surface area contributed by atoms with E-state index in [2.05, 4.69) is 17.4 Å². The van der Waals surface area contributed by atoms with Crippen LogP contribution < -0.4 is 10.8 Å². The van der Waals surface area contributed by atoms with Gasteiger partial charge in [-0.25, -0.2) is 0 Å². The normalized spacial score (nSPS) is 10.6. The lowest BCUT2D eigenvalue weighted by molar-refractivity contribution is -0.122. The van der Waals surface area contributed by atoms with Crippen LogP contribution in [0.4, 0.5) is 5.69 Å². The van der Waals surface area contributed by atoms with Crippen LogP contribution in [0.15, 0.2) is 70.5 Å². The third kappa shape index (κ3) is 4.23. The Morgan fingerprint density at radius 2 is 1.96 bits per heavy atom. The van der Waals surface area contributed by atoms with Gasteiger partial charge in [0.2, 0.25) is 0 Å². The molecule has 0 spiro atoms. The Bertz CT molecular complexity index is 871. The van der Waals surface area contributed by atoms with Crippen molar-refractivity contribution in [3.63, 3.8) is 0 Å². The number of carbonyl (C=O) groups is 1. The molecule has 0 atom stereocenters. The Morgan fingerprint density at radius 3 is 2.76 bits per heavy atom. The summed E-state index contributed by atoms with van der Waals surface area (Å²) in [5.74, 6) is 0.306. The first kappa shape index (κ1) is 17.1. The van der Waals surface area contributed by atoms with Gasteiger partial charge in [-0.05, 0) is 30.5 Å². The van der Waals surface area contributed by atoms with Crippen molar-refractivity contribution in [3.05, 3.63) is 66.9 Å². The second kappa shape index (κ2) is 7.92. The number of hydroxylamine groups is 1. The molecule has 25 heavy (non-hydrogen) atoms. The van der Waals surface area contributed by atoms with E-state index >= 15 is 0 Å². The van der Waals surface area contributed by atoms with Gasteiger partial charge in [0.25, 0.3) is 5.91 Å².